The van der Waals surface area contributed by atoms with Gasteiger partial charge in [-0.3, -0.25) is 14.5 Å². The molecule has 9 atom stereocenters. The van der Waals surface area contributed by atoms with Gasteiger partial charge in [-0.2, -0.15) is 0 Å². The van der Waals surface area contributed by atoms with Gasteiger partial charge in [-0.25, -0.2) is 4.79 Å². The average molecular weight is 794 g/mol. The number of carbonyl (C=O) groups is 3. The maximum Gasteiger partial charge on any atom is 0.344 e. The average Bonchev–Trinajstić information content (AvgIpc) is 3.86. The number of nitrogens with one attached hydrogen (secondary N) is 1. The van der Waals surface area contributed by atoms with Gasteiger partial charge in [0.05, 0.1) is 41.0 Å². The van der Waals surface area contributed by atoms with Gasteiger partial charge >= 0.3 is 17.9 Å². The van der Waals surface area contributed by atoms with Gasteiger partial charge in [-0.1, -0.05) is 50.3 Å². The van der Waals surface area contributed by atoms with Crippen LogP contribution >= 0.6 is 0 Å². The van der Waals surface area contributed by atoms with Gasteiger partial charge in [-0.15, -0.1) is 0 Å². The Labute approximate surface area is 340 Å². The van der Waals surface area contributed by atoms with Crippen molar-refractivity contribution in [3.05, 3.63) is 82.6 Å². The first kappa shape index (κ1) is 38.8. The van der Waals surface area contributed by atoms with E-state index in [0.29, 0.717) is 43.7 Å². The number of methoxy groups -OCH3 is 3. The predicted molar refractivity (Wildman–Crippen MR) is 218 cm³/mol. The Balaban J connectivity index is 1.38. The Morgan fingerprint density at radius 1 is 1.02 bits per heavy atom. The minimum Gasteiger partial charge on any atom is -0.496 e. The number of quaternary nitrogens is 1. The lowest BCUT2D eigenvalue weighted by Gasteiger charge is -2.63. The molecule has 3 aromatic rings. The zero-order valence-corrected chi connectivity index (χ0v) is 35.0. The molecule has 1 saturated carbocycles. The molecule has 0 amide bonds. The van der Waals surface area contributed by atoms with Gasteiger partial charge in [0.25, 0.3) is 0 Å². The van der Waals surface area contributed by atoms with Crippen LogP contribution < -0.4 is 9.64 Å². The number of carbonyl (C=O) groups excluding carboxylic acids is 3. The van der Waals surface area contributed by atoms with Gasteiger partial charge < -0.3 is 38.4 Å². The Kier molecular flexibility index (Phi) is 8.83. The summed E-state index contributed by atoms with van der Waals surface area (Å²) in [5.74, 6) is -1.28. The summed E-state index contributed by atoms with van der Waals surface area (Å²) in [4.78, 5) is 50.8. The highest BCUT2D eigenvalue weighted by Gasteiger charge is 2.80. The topological polar surface area (TPSA) is 131 Å². The molecular formula is C46H57N4O8+. The highest BCUT2D eigenvalue weighted by Crippen LogP contribution is 2.68. The number of rotatable bonds is 7. The van der Waals surface area contributed by atoms with Crippen LogP contribution in [0.2, 0.25) is 0 Å². The smallest absolute Gasteiger partial charge is 0.344 e. The monoisotopic (exact) mass is 793 g/mol. The summed E-state index contributed by atoms with van der Waals surface area (Å²) in [7, 11) is 8.57. The van der Waals surface area contributed by atoms with Crippen LogP contribution in [0.25, 0.3) is 10.9 Å². The van der Waals surface area contributed by atoms with Gasteiger partial charge in [0.1, 0.15) is 24.3 Å². The number of aliphatic hydroxyl groups is 1. The molecule has 58 heavy (non-hydrogen) atoms. The largest absolute Gasteiger partial charge is 0.496 e. The van der Waals surface area contributed by atoms with E-state index in [2.05, 4.69) is 66.3 Å². The standard InChI is InChI=1S/C46H57N4O8/c1-9-28-20-29-23-45(41(52)56-7,37-31(26-50(5,24-28)25-29)30-14-11-12-15-34(30)47-37)33-21-32-35(22-36(33)55-6)48(4)39-44(32)17-19-49-18-13-16-43(10-2,38(44)49)40(58-27(3)51)46(39,54)42(53)57-8/h11-16,20-22,29,38-40,47,54H,9-10,17-19,23-26H2,1-8H3/q+1/t29-,38-,39+,40+,43+,44+,45-,46?,50-/m0/s1. The number of esters is 3. The zero-order valence-electron chi connectivity index (χ0n) is 35.0. The third-order valence-electron chi connectivity index (χ3n) is 15.3. The summed E-state index contributed by atoms with van der Waals surface area (Å²) in [6.07, 6.45) is 7.73. The number of hydrogen-bond acceptors (Lipinski definition) is 10. The van der Waals surface area contributed by atoms with Gasteiger partial charge in [-0.05, 0) is 55.5 Å². The number of anilines is 1. The van der Waals surface area contributed by atoms with Crippen LogP contribution in [0.4, 0.5) is 5.69 Å². The molecular weight excluding hydrogens is 737 g/mol. The van der Waals surface area contributed by atoms with Crippen molar-refractivity contribution in [2.75, 3.05) is 66.5 Å². The van der Waals surface area contributed by atoms with E-state index in [4.69, 9.17) is 18.9 Å². The van der Waals surface area contributed by atoms with E-state index in [1.807, 2.05) is 31.0 Å². The van der Waals surface area contributed by atoms with Crippen molar-refractivity contribution < 1.29 is 42.9 Å². The van der Waals surface area contributed by atoms with E-state index in [9.17, 15) is 14.7 Å². The summed E-state index contributed by atoms with van der Waals surface area (Å²) in [6, 6.07) is 11.2. The fraction of sp³-hybridized carbons (Fsp3) is 0.543. The Morgan fingerprint density at radius 3 is 2.47 bits per heavy atom. The molecule has 12 nitrogen and oxygen atoms in total. The first-order valence-electron chi connectivity index (χ1n) is 20.8. The summed E-state index contributed by atoms with van der Waals surface area (Å²) >= 11 is 0. The first-order valence-corrected chi connectivity index (χ1v) is 20.8. The van der Waals surface area contributed by atoms with E-state index < -0.39 is 45.9 Å². The highest BCUT2D eigenvalue weighted by molar-refractivity contribution is 5.95. The number of H-pyrrole nitrogens is 1. The molecule has 1 spiro atoms. The molecule has 9 rings (SSSR count). The minimum absolute atomic E-state index is 0.0423. The fourth-order valence-corrected chi connectivity index (χ4v) is 13.4. The highest BCUT2D eigenvalue weighted by atomic mass is 16.6. The Hall–Kier alpha value is -4.65. The summed E-state index contributed by atoms with van der Waals surface area (Å²) in [6.45, 7) is 9.43. The number of nitrogens with zero attached hydrogens (tertiary/aromatic N) is 3. The number of likely N-dealkylation sites (N-methyl/N-ethyl adjacent to an activating group) is 2. The summed E-state index contributed by atoms with van der Waals surface area (Å²) in [5.41, 5.74) is 1.16. The molecule has 1 aromatic heterocycles. The number of hydrogen-bond donors (Lipinski definition) is 2. The van der Waals surface area contributed by atoms with E-state index in [-0.39, 0.29) is 17.9 Å². The number of benzene rings is 2. The molecule has 1 aliphatic carbocycles. The summed E-state index contributed by atoms with van der Waals surface area (Å²) in [5, 5.41) is 14.4. The van der Waals surface area contributed by atoms with Crippen molar-refractivity contribution in [3.8, 4) is 5.75 Å². The van der Waals surface area contributed by atoms with Crippen LogP contribution in [0.1, 0.15) is 68.8 Å². The van der Waals surface area contributed by atoms with Crippen molar-refractivity contribution in [1.29, 1.82) is 0 Å². The third-order valence-corrected chi connectivity index (χ3v) is 15.3. The number of fused-ring (bicyclic) bond motifs is 6. The lowest BCUT2D eigenvalue weighted by atomic mass is 9.47. The SMILES string of the molecule is CCC1=C[C@H]2C[C@](C(=O)OC)(c3cc4c(cc3OC)N(C)[C@H]3C(O)(C(=O)OC)[C@H](OC(C)=O)[C@]5(CC)C=CCN6CC[C@]43[C@@H]65)c3[nH]c4ccccc4c3C[N@@+](C)(C1)C2. The molecule has 0 radical (unpaired) electrons. The molecule has 12 heteroatoms. The van der Waals surface area contributed by atoms with Crippen molar-refractivity contribution in [2.24, 2.45) is 11.3 Å². The second-order valence-electron chi connectivity index (χ2n) is 18.1. The molecule has 2 bridgehead atoms. The fourth-order valence-electron chi connectivity index (χ4n) is 13.4. The number of aromatic nitrogens is 1. The zero-order chi connectivity index (χ0) is 41.2. The van der Waals surface area contributed by atoms with Gasteiger partial charge in [0.2, 0.25) is 5.60 Å². The quantitative estimate of drug-likeness (QED) is 0.148. The normalized spacial score (nSPS) is 35.8. The van der Waals surface area contributed by atoms with Crippen LogP contribution in [0, 0.1) is 11.3 Å². The number of aromatic amines is 1. The van der Waals surface area contributed by atoms with Crippen molar-refractivity contribution >= 4 is 34.5 Å². The van der Waals surface area contributed by atoms with E-state index >= 15 is 4.79 Å². The first-order chi connectivity index (χ1) is 27.7. The molecule has 6 aliphatic rings. The van der Waals surface area contributed by atoms with E-state index in [1.165, 1.54) is 26.7 Å². The van der Waals surface area contributed by atoms with Crippen molar-refractivity contribution in [1.82, 2.24) is 9.88 Å². The molecule has 2 N–H and O–H groups in total. The molecule has 1 unspecified atom stereocenters. The maximum absolute atomic E-state index is 15.3. The second-order valence-corrected chi connectivity index (χ2v) is 18.1. The van der Waals surface area contributed by atoms with Crippen LogP contribution in [-0.2, 0) is 46.0 Å². The Bertz CT molecular complexity index is 2300. The number of ether oxygens (including phenoxy) is 4. The molecule has 308 valence electrons. The van der Waals surface area contributed by atoms with Gasteiger partial charge in [0, 0.05) is 82.8 Å². The van der Waals surface area contributed by atoms with E-state index in [0.717, 1.165) is 63.9 Å². The molecule has 1 saturated heterocycles. The molecule has 2 aromatic carbocycles. The third kappa shape index (κ3) is 4.82. The second kappa shape index (κ2) is 13.2. The van der Waals surface area contributed by atoms with Crippen molar-refractivity contribution in [2.45, 2.75) is 87.6 Å². The molecule has 5 aliphatic heterocycles. The van der Waals surface area contributed by atoms with Crippen LogP contribution in [0.3, 0.4) is 0 Å². The van der Waals surface area contributed by atoms with Crippen molar-refractivity contribution in [3.63, 3.8) is 0 Å². The Morgan fingerprint density at radius 2 is 1.78 bits per heavy atom. The molecule has 6 heterocycles. The van der Waals surface area contributed by atoms with Crippen LogP contribution in [-0.4, -0.2) is 123 Å². The van der Waals surface area contributed by atoms with E-state index in [1.54, 1.807) is 7.11 Å². The molecule has 2 fully saturated rings. The minimum atomic E-state index is -2.28. The van der Waals surface area contributed by atoms with Gasteiger partial charge in [0.15, 0.2) is 6.10 Å². The van der Waals surface area contributed by atoms with Crippen LogP contribution in [0.15, 0.2) is 60.2 Å². The number of para-hydroxylation sites is 1. The lowest BCUT2D eigenvalue weighted by Crippen LogP contribution is -2.81. The summed E-state index contributed by atoms with van der Waals surface area (Å²) < 4.78 is 24.8. The maximum atomic E-state index is 15.3. The lowest BCUT2D eigenvalue weighted by molar-refractivity contribution is -0.922. The predicted octanol–water partition coefficient (Wildman–Crippen LogP) is 4.90. The van der Waals surface area contributed by atoms with Crippen LogP contribution in [0.5, 0.6) is 5.75 Å².